The van der Waals surface area contributed by atoms with Crippen molar-refractivity contribution in [1.82, 2.24) is 0 Å². The molecular weight excluding hydrogens is 318 g/mol. The molecule has 0 aliphatic carbocycles. The Labute approximate surface area is 136 Å². The molecule has 124 valence electrons. The second-order valence-electron chi connectivity index (χ2n) is 4.60. The predicted octanol–water partition coefficient (Wildman–Crippen LogP) is 2.89. The average molecular weight is 331 g/mol. The van der Waals surface area contributed by atoms with Crippen LogP contribution in [-0.2, 0) is 16.0 Å². The summed E-state index contributed by atoms with van der Waals surface area (Å²) in [5.41, 5.74) is 0.592. The van der Waals surface area contributed by atoms with Crippen LogP contribution in [0.5, 0.6) is 11.5 Å². The van der Waals surface area contributed by atoms with Crippen molar-refractivity contribution in [3.05, 3.63) is 64.2 Å². The molecule has 0 heterocycles. The molecule has 0 aliphatic heterocycles. The lowest BCUT2D eigenvalue weighted by Crippen LogP contribution is -2.13. The number of nitrogens with zero attached hydrogens (tertiary/aromatic N) is 1. The maximum absolute atomic E-state index is 11.7. The van der Waals surface area contributed by atoms with Crippen molar-refractivity contribution in [3.8, 4) is 11.5 Å². The summed E-state index contributed by atoms with van der Waals surface area (Å²) >= 11 is 0. The van der Waals surface area contributed by atoms with Gasteiger partial charge in [-0.25, -0.2) is 4.79 Å². The first-order chi connectivity index (χ1) is 11.5. The lowest BCUT2D eigenvalue weighted by molar-refractivity contribution is -0.384. The number of methoxy groups -OCH3 is 1. The van der Waals surface area contributed by atoms with Gasteiger partial charge < -0.3 is 14.2 Å². The van der Waals surface area contributed by atoms with E-state index in [4.69, 9.17) is 9.47 Å². The Kier molecular flexibility index (Phi) is 5.45. The van der Waals surface area contributed by atoms with E-state index in [-0.39, 0.29) is 29.6 Å². The molecule has 0 spiro atoms. The van der Waals surface area contributed by atoms with Gasteiger partial charge in [0.15, 0.2) is 0 Å². The Morgan fingerprint density at radius 3 is 1.92 bits per heavy atom. The predicted molar refractivity (Wildman–Crippen MR) is 81.9 cm³/mol. The van der Waals surface area contributed by atoms with Crippen LogP contribution in [-0.4, -0.2) is 24.2 Å². The highest BCUT2D eigenvalue weighted by Gasteiger charge is 2.11. The minimum atomic E-state index is -0.982. The SMILES string of the molecule is COC(=O)Cc1ccc(OC(=O)Oc2ccc([N+](=O)[O-])cc2)cc1. The molecule has 2 rings (SSSR count). The van der Waals surface area contributed by atoms with Gasteiger partial charge in [-0.15, -0.1) is 0 Å². The maximum Gasteiger partial charge on any atom is 0.519 e. The van der Waals surface area contributed by atoms with Gasteiger partial charge >= 0.3 is 12.1 Å². The Bertz CT molecular complexity index is 738. The topological polar surface area (TPSA) is 105 Å². The number of non-ortho nitro benzene ring substituents is 1. The molecule has 24 heavy (non-hydrogen) atoms. The number of carbonyl (C=O) groups excluding carboxylic acids is 2. The van der Waals surface area contributed by atoms with Crippen molar-refractivity contribution in [2.45, 2.75) is 6.42 Å². The fourth-order valence-electron chi connectivity index (χ4n) is 1.76. The molecule has 8 nitrogen and oxygen atoms in total. The summed E-state index contributed by atoms with van der Waals surface area (Å²) in [5, 5.41) is 10.5. The fourth-order valence-corrected chi connectivity index (χ4v) is 1.76. The average Bonchev–Trinajstić information content (AvgIpc) is 2.57. The Balaban J connectivity index is 1.92. The van der Waals surface area contributed by atoms with Crippen LogP contribution in [0.25, 0.3) is 0 Å². The molecule has 0 saturated heterocycles. The van der Waals surface area contributed by atoms with Gasteiger partial charge in [-0.05, 0) is 29.8 Å². The molecule has 0 fully saturated rings. The molecule has 0 bridgehead atoms. The first-order valence-corrected chi connectivity index (χ1v) is 6.78. The fraction of sp³-hybridized carbons (Fsp3) is 0.125. The van der Waals surface area contributed by atoms with E-state index in [2.05, 4.69) is 4.74 Å². The van der Waals surface area contributed by atoms with Crippen molar-refractivity contribution in [2.75, 3.05) is 7.11 Å². The van der Waals surface area contributed by atoms with Gasteiger partial charge in [-0.3, -0.25) is 14.9 Å². The molecular formula is C16H13NO7. The zero-order chi connectivity index (χ0) is 17.5. The number of benzene rings is 2. The third-order valence-electron chi connectivity index (χ3n) is 2.95. The first-order valence-electron chi connectivity index (χ1n) is 6.78. The van der Waals surface area contributed by atoms with E-state index in [1.54, 1.807) is 12.1 Å². The molecule has 0 atom stereocenters. The molecule has 0 amide bonds. The van der Waals surface area contributed by atoms with Gasteiger partial charge in [0.25, 0.3) is 5.69 Å². The van der Waals surface area contributed by atoms with Crippen LogP contribution in [0.4, 0.5) is 10.5 Å². The highest BCUT2D eigenvalue weighted by molar-refractivity contribution is 5.72. The van der Waals surface area contributed by atoms with Crippen molar-refractivity contribution in [3.63, 3.8) is 0 Å². The van der Waals surface area contributed by atoms with Gasteiger partial charge in [-0.2, -0.15) is 0 Å². The normalized spacial score (nSPS) is 9.88. The van der Waals surface area contributed by atoms with E-state index in [9.17, 15) is 19.7 Å². The molecule has 2 aromatic carbocycles. The van der Waals surface area contributed by atoms with Crippen LogP contribution in [0.3, 0.4) is 0 Å². The van der Waals surface area contributed by atoms with Crippen LogP contribution >= 0.6 is 0 Å². The van der Waals surface area contributed by atoms with Crippen LogP contribution in [0.1, 0.15) is 5.56 Å². The van der Waals surface area contributed by atoms with E-state index >= 15 is 0 Å². The summed E-state index contributed by atoms with van der Waals surface area (Å²) in [6, 6.07) is 11.3. The van der Waals surface area contributed by atoms with Crippen LogP contribution in [0.15, 0.2) is 48.5 Å². The third-order valence-corrected chi connectivity index (χ3v) is 2.95. The van der Waals surface area contributed by atoms with Gasteiger partial charge in [0.2, 0.25) is 0 Å². The zero-order valence-corrected chi connectivity index (χ0v) is 12.6. The van der Waals surface area contributed by atoms with E-state index in [0.717, 1.165) is 0 Å². The summed E-state index contributed by atoms with van der Waals surface area (Å²) in [7, 11) is 1.30. The van der Waals surface area contributed by atoms with Crippen molar-refractivity contribution in [1.29, 1.82) is 0 Å². The highest BCUT2D eigenvalue weighted by atomic mass is 16.7. The van der Waals surface area contributed by atoms with E-state index in [0.29, 0.717) is 5.56 Å². The van der Waals surface area contributed by atoms with E-state index < -0.39 is 11.1 Å². The monoisotopic (exact) mass is 331 g/mol. The minimum Gasteiger partial charge on any atom is -0.469 e. The number of ether oxygens (including phenoxy) is 3. The van der Waals surface area contributed by atoms with Crippen LogP contribution in [0.2, 0.25) is 0 Å². The number of rotatable bonds is 5. The maximum atomic E-state index is 11.7. The number of hydrogen-bond donors (Lipinski definition) is 0. The smallest absolute Gasteiger partial charge is 0.469 e. The quantitative estimate of drug-likeness (QED) is 0.359. The third kappa shape index (κ3) is 4.80. The van der Waals surface area contributed by atoms with Gasteiger partial charge in [0, 0.05) is 12.1 Å². The summed E-state index contributed by atoms with van der Waals surface area (Å²) in [4.78, 5) is 32.8. The second-order valence-corrected chi connectivity index (χ2v) is 4.60. The molecule has 0 aliphatic rings. The second kappa shape index (κ2) is 7.73. The zero-order valence-electron chi connectivity index (χ0n) is 12.6. The number of nitro groups is 1. The lowest BCUT2D eigenvalue weighted by atomic mass is 10.1. The molecule has 8 heteroatoms. The van der Waals surface area contributed by atoms with Crippen LogP contribution < -0.4 is 9.47 Å². The Morgan fingerprint density at radius 1 is 0.958 bits per heavy atom. The summed E-state index contributed by atoms with van der Waals surface area (Å²) in [6.07, 6.45) is -0.867. The van der Waals surface area contributed by atoms with E-state index in [1.807, 2.05) is 0 Å². The Morgan fingerprint density at radius 2 is 1.46 bits per heavy atom. The largest absolute Gasteiger partial charge is 0.519 e. The molecule has 0 aromatic heterocycles. The number of nitro benzene ring substituents is 1. The standard InChI is InChI=1S/C16H13NO7/c1-22-15(18)10-11-2-6-13(7-3-11)23-16(19)24-14-8-4-12(5-9-14)17(20)21/h2-9H,10H2,1H3. The summed E-state index contributed by atoms with van der Waals surface area (Å²) in [5.74, 6) is -0.0234. The summed E-state index contributed by atoms with van der Waals surface area (Å²) < 4.78 is 14.4. The van der Waals surface area contributed by atoms with Crippen LogP contribution in [0, 0.1) is 10.1 Å². The molecule has 0 N–H and O–H groups in total. The van der Waals surface area contributed by atoms with Gasteiger partial charge in [0.05, 0.1) is 18.5 Å². The van der Waals surface area contributed by atoms with E-state index in [1.165, 1.54) is 43.5 Å². The molecule has 2 aromatic rings. The van der Waals surface area contributed by atoms with Gasteiger partial charge in [-0.1, -0.05) is 12.1 Å². The first kappa shape index (κ1) is 16.9. The molecule has 0 unspecified atom stereocenters. The van der Waals surface area contributed by atoms with Crippen molar-refractivity contribution in [2.24, 2.45) is 0 Å². The summed E-state index contributed by atoms with van der Waals surface area (Å²) in [6.45, 7) is 0. The molecule has 0 saturated carbocycles. The van der Waals surface area contributed by atoms with Gasteiger partial charge in [0.1, 0.15) is 11.5 Å². The minimum absolute atomic E-state index is 0.114. The number of esters is 1. The number of hydrogen-bond acceptors (Lipinski definition) is 7. The molecule has 0 radical (unpaired) electrons. The number of carbonyl (C=O) groups is 2. The Hall–Kier alpha value is -3.42. The highest BCUT2D eigenvalue weighted by Crippen LogP contribution is 2.19. The lowest BCUT2D eigenvalue weighted by Gasteiger charge is -2.06. The van der Waals surface area contributed by atoms with Crippen molar-refractivity contribution < 1.29 is 28.7 Å². The van der Waals surface area contributed by atoms with Crippen molar-refractivity contribution >= 4 is 17.8 Å².